The van der Waals surface area contributed by atoms with Crippen LogP contribution in [0.1, 0.15) is 24.3 Å². The zero-order chi connectivity index (χ0) is 9.97. The molecule has 2 heteroatoms. The lowest BCUT2D eigenvalue weighted by Gasteiger charge is -2.29. The van der Waals surface area contributed by atoms with Crippen LogP contribution in [0.2, 0.25) is 0 Å². The molecule has 14 heavy (non-hydrogen) atoms. The summed E-state index contributed by atoms with van der Waals surface area (Å²) in [6.07, 6.45) is 2.31. The smallest absolute Gasteiger partial charge is 0.123 e. The minimum atomic E-state index is -0.110. The molecule has 1 nitrogen and oxygen atoms in total. The maximum Gasteiger partial charge on any atom is 0.123 e. The lowest BCUT2D eigenvalue weighted by molar-refractivity contribution is 0.255. The Morgan fingerprint density at radius 1 is 1.29 bits per heavy atom. The van der Waals surface area contributed by atoms with E-state index < -0.39 is 0 Å². The summed E-state index contributed by atoms with van der Waals surface area (Å²) >= 11 is 0. The summed E-state index contributed by atoms with van der Waals surface area (Å²) in [6.45, 7) is 2.25. The summed E-state index contributed by atoms with van der Waals surface area (Å²) in [4.78, 5) is 2.33. The first kappa shape index (κ1) is 9.66. The zero-order valence-corrected chi connectivity index (χ0v) is 8.54. The molecule has 0 radical (unpaired) electrons. The molecule has 0 N–H and O–H groups in total. The van der Waals surface area contributed by atoms with Gasteiger partial charge in [-0.1, -0.05) is 12.1 Å². The summed E-state index contributed by atoms with van der Waals surface area (Å²) in [6, 6.07) is 7.04. The lowest BCUT2D eigenvalue weighted by atomic mass is 9.90. The van der Waals surface area contributed by atoms with Crippen LogP contribution in [0.4, 0.5) is 4.39 Å². The van der Waals surface area contributed by atoms with E-state index in [-0.39, 0.29) is 5.82 Å². The highest BCUT2D eigenvalue weighted by Gasteiger charge is 2.18. The van der Waals surface area contributed by atoms with Gasteiger partial charge in [0.05, 0.1) is 0 Å². The molecule has 1 aliphatic rings. The van der Waals surface area contributed by atoms with Crippen LogP contribution in [0.25, 0.3) is 0 Å². The minimum Gasteiger partial charge on any atom is -0.306 e. The molecule has 1 aromatic carbocycles. The van der Waals surface area contributed by atoms with Crippen molar-refractivity contribution in [2.45, 2.75) is 18.8 Å². The van der Waals surface area contributed by atoms with E-state index in [1.165, 1.54) is 6.07 Å². The second-order valence-corrected chi connectivity index (χ2v) is 4.13. The van der Waals surface area contributed by atoms with E-state index in [2.05, 4.69) is 11.9 Å². The van der Waals surface area contributed by atoms with Gasteiger partial charge in [-0.2, -0.15) is 0 Å². The molecule has 76 valence electrons. The maximum atomic E-state index is 13.0. The molecular weight excluding hydrogens is 177 g/mol. The Hall–Kier alpha value is -0.890. The largest absolute Gasteiger partial charge is 0.306 e. The van der Waals surface area contributed by atoms with E-state index in [1.54, 1.807) is 6.07 Å². The van der Waals surface area contributed by atoms with E-state index in [1.807, 2.05) is 12.1 Å². The summed E-state index contributed by atoms with van der Waals surface area (Å²) in [5.74, 6) is 0.448. The van der Waals surface area contributed by atoms with Crippen molar-refractivity contribution in [2.24, 2.45) is 0 Å². The van der Waals surface area contributed by atoms with Crippen LogP contribution < -0.4 is 0 Å². The molecule has 0 spiro atoms. The zero-order valence-electron chi connectivity index (χ0n) is 8.54. The van der Waals surface area contributed by atoms with Gasteiger partial charge < -0.3 is 4.90 Å². The Balaban J connectivity index is 2.08. The SMILES string of the molecule is CN1CCC(c2cccc(F)c2)CC1. The van der Waals surface area contributed by atoms with Crippen LogP contribution in [0, 0.1) is 5.82 Å². The van der Waals surface area contributed by atoms with Crippen molar-refractivity contribution in [1.29, 1.82) is 0 Å². The summed E-state index contributed by atoms with van der Waals surface area (Å²) in [5.41, 5.74) is 1.16. The Labute approximate surface area is 84.5 Å². The van der Waals surface area contributed by atoms with Gasteiger partial charge in [0, 0.05) is 0 Å². The average Bonchev–Trinajstić information content (AvgIpc) is 2.19. The van der Waals surface area contributed by atoms with Crippen LogP contribution in [0.15, 0.2) is 24.3 Å². The van der Waals surface area contributed by atoms with Gasteiger partial charge in [0.15, 0.2) is 0 Å². The van der Waals surface area contributed by atoms with Gasteiger partial charge >= 0.3 is 0 Å². The third kappa shape index (κ3) is 2.13. The first-order chi connectivity index (χ1) is 6.75. The molecule has 0 unspecified atom stereocenters. The van der Waals surface area contributed by atoms with Gasteiger partial charge in [-0.05, 0) is 56.6 Å². The van der Waals surface area contributed by atoms with Crippen molar-refractivity contribution >= 4 is 0 Å². The topological polar surface area (TPSA) is 3.24 Å². The minimum absolute atomic E-state index is 0.110. The number of hydrogen-bond acceptors (Lipinski definition) is 1. The van der Waals surface area contributed by atoms with Crippen molar-refractivity contribution in [3.8, 4) is 0 Å². The Bertz CT molecular complexity index is 303. The third-order valence-electron chi connectivity index (χ3n) is 3.04. The molecule has 0 atom stereocenters. The van der Waals surface area contributed by atoms with Gasteiger partial charge in [0.1, 0.15) is 5.82 Å². The molecule has 0 aromatic heterocycles. The predicted molar refractivity (Wildman–Crippen MR) is 55.9 cm³/mol. The molecule has 2 rings (SSSR count). The van der Waals surface area contributed by atoms with E-state index >= 15 is 0 Å². The fraction of sp³-hybridized carbons (Fsp3) is 0.500. The molecule has 1 heterocycles. The number of benzene rings is 1. The maximum absolute atomic E-state index is 13.0. The summed E-state index contributed by atoms with van der Waals surface area (Å²) in [5, 5.41) is 0. The highest BCUT2D eigenvalue weighted by atomic mass is 19.1. The number of likely N-dealkylation sites (tertiary alicyclic amines) is 1. The van der Waals surface area contributed by atoms with Gasteiger partial charge in [-0.25, -0.2) is 4.39 Å². The van der Waals surface area contributed by atoms with Crippen molar-refractivity contribution in [3.05, 3.63) is 35.6 Å². The molecule has 0 saturated carbocycles. The van der Waals surface area contributed by atoms with Crippen molar-refractivity contribution in [3.63, 3.8) is 0 Å². The Morgan fingerprint density at radius 3 is 2.64 bits per heavy atom. The normalized spacial score (nSPS) is 19.9. The summed E-state index contributed by atoms with van der Waals surface area (Å²) < 4.78 is 13.0. The monoisotopic (exact) mass is 193 g/mol. The second kappa shape index (κ2) is 4.09. The average molecular weight is 193 g/mol. The van der Waals surface area contributed by atoms with E-state index in [4.69, 9.17) is 0 Å². The van der Waals surface area contributed by atoms with E-state index in [9.17, 15) is 4.39 Å². The third-order valence-corrected chi connectivity index (χ3v) is 3.04. The molecule has 0 aliphatic carbocycles. The van der Waals surface area contributed by atoms with Crippen LogP contribution >= 0.6 is 0 Å². The van der Waals surface area contributed by atoms with Gasteiger partial charge in [-0.3, -0.25) is 0 Å². The molecule has 0 bridgehead atoms. The molecule has 1 aliphatic heterocycles. The number of hydrogen-bond donors (Lipinski definition) is 0. The van der Waals surface area contributed by atoms with Crippen molar-refractivity contribution in [2.75, 3.05) is 20.1 Å². The second-order valence-electron chi connectivity index (χ2n) is 4.13. The van der Waals surface area contributed by atoms with Gasteiger partial charge in [0.2, 0.25) is 0 Å². The first-order valence-corrected chi connectivity index (χ1v) is 5.20. The number of rotatable bonds is 1. The standard InChI is InChI=1S/C12H16FN/c1-14-7-5-10(6-8-14)11-3-2-4-12(13)9-11/h2-4,9-10H,5-8H2,1H3. The lowest BCUT2D eigenvalue weighted by Crippen LogP contribution is -2.29. The Kier molecular flexibility index (Phi) is 2.82. The van der Waals surface area contributed by atoms with E-state index in [0.717, 1.165) is 31.5 Å². The number of piperidine rings is 1. The predicted octanol–water partition coefficient (Wildman–Crippen LogP) is 2.63. The van der Waals surface area contributed by atoms with Crippen LogP contribution in [-0.4, -0.2) is 25.0 Å². The number of halogens is 1. The first-order valence-electron chi connectivity index (χ1n) is 5.20. The van der Waals surface area contributed by atoms with E-state index in [0.29, 0.717) is 5.92 Å². The van der Waals surface area contributed by atoms with Crippen LogP contribution in [0.5, 0.6) is 0 Å². The highest BCUT2D eigenvalue weighted by molar-refractivity contribution is 5.21. The summed E-state index contributed by atoms with van der Waals surface area (Å²) in [7, 11) is 2.14. The highest BCUT2D eigenvalue weighted by Crippen LogP contribution is 2.27. The van der Waals surface area contributed by atoms with Gasteiger partial charge in [0.25, 0.3) is 0 Å². The number of nitrogens with zero attached hydrogens (tertiary/aromatic N) is 1. The molecule has 1 saturated heterocycles. The fourth-order valence-corrected chi connectivity index (χ4v) is 2.10. The van der Waals surface area contributed by atoms with Crippen LogP contribution in [0.3, 0.4) is 0 Å². The van der Waals surface area contributed by atoms with Crippen LogP contribution in [-0.2, 0) is 0 Å². The quantitative estimate of drug-likeness (QED) is 0.662. The van der Waals surface area contributed by atoms with Crippen molar-refractivity contribution < 1.29 is 4.39 Å². The fourth-order valence-electron chi connectivity index (χ4n) is 2.10. The van der Waals surface area contributed by atoms with Gasteiger partial charge in [-0.15, -0.1) is 0 Å². The molecular formula is C12H16FN. The molecule has 0 amide bonds. The Morgan fingerprint density at radius 2 is 2.00 bits per heavy atom. The van der Waals surface area contributed by atoms with Crippen molar-refractivity contribution in [1.82, 2.24) is 4.90 Å². The molecule has 1 aromatic rings. The molecule has 1 fully saturated rings.